The van der Waals surface area contributed by atoms with Crippen LogP contribution in [0, 0.1) is 6.92 Å². The minimum absolute atomic E-state index is 0.333. The van der Waals surface area contributed by atoms with Crippen molar-refractivity contribution in [2.45, 2.75) is 13.3 Å². The van der Waals surface area contributed by atoms with Gasteiger partial charge in [-0.15, -0.1) is 0 Å². The van der Waals surface area contributed by atoms with E-state index >= 15 is 0 Å². The number of aryl methyl sites for hydroxylation is 1. The number of hydrogen-bond donors (Lipinski definition) is 2. The van der Waals surface area contributed by atoms with E-state index in [4.69, 9.17) is 0 Å². The predicted molar refractivity (Wildman–Crippen MR) is 110 cm³/mol. The molecule has 0 amide bonds. The Morgan fingerprint density at radius 1 is 1.14 bits per heavy atom. The number of rotatable bonds is 4. The van der Waals surface area contributed by atoms with Crippen molar-refractivity contribution in [3.63, 3.8) is 0 Å². The minimum Gasteiger partial charge on any atom is -0.354 e. The molecule has 28 heavy (non-hydrogen) atoms. The molecule has 0 aliphatic rings. The fourth-order valence-electron chi connectivity index (χ4n) is 3.44. The van der Waals surface area contributed by atoms with Crippen LogP contribution < -0.4 is 5.76 Å². The van der Waals surface area contributed by atoms with Gasteiger partial charge in [-0.05, 0) is 47.7 Å². The van der Waals surface area contributed by atoms with Gasteiger partial charge in [0.15, 0.2) is 0 Å². The number of fused-ring (bicyclic) bond motifs is 1. The number of benzene rings is 1. The van der Waals surface area contributed by atoms with Gasteiger partial charge < -0.3 is 4.98 Å². The molecular weight excluding hydrogens is 372 g/mol. The molecular formula is C21H16N4O2S. The van der Waals surface area contributed by atoms with E-state index in [0.717, 1.165) is 16.9 Å². The monoisotopic (exact) mass is 388 g/mol. The van der Waals surface area contributed by atoms with Gasteiger partial charge in [-0.1, -0.05) is 23.4 Å². The molecule has 0 bridgehead atoms. The zero-order valence-electron chi connectivity index (χ0n) is 15.0. The third-order valence-electron chi connectivity index (χ3n) is 4.72. The Morgan fingerprint density at radius 2 is 2.07 bits per heavy atom. The number of aromatic nitrogens is 4. The first kappa shape index (κ1) is 16.7. The average molecular weight is 388 g/mol. The van der Waals surface area contributed by atoms with Gasteiger partial charge in [0.05, 0.1) is 5.69 Å². The van der Waals surface area contributed by atoms with E-state index in [2.05, 4.69) is 66.6 Å². The van der Waals surface area contributed by atoms with Crippen molar-refractivity contribution in [1.82, 2.24) is 20.1 Å². The molecule has 6 nitrogen and oxygen atoms in total. The summed E-state index contributed by atoms with van der Waals surface area (Å²) in [6.45, 7) is 2.09. The zero-order valence-corrected chi connectivity index (χ0v) is 15.8. The fourth-order valence-corrected chi connectivity index (χ4v) is 4.08. The van der Waals surface area contributed by atoms with Crippen LogP contribution in [0.1, 0.15) is 16.8 Å². The molecule has 0 radical (unpaired) electrons. The first-order valence-corrected chi connectivity index (χ1v) is 9.78. The summed E-state index contributed by atoms with van der Waals surface area (Å²) in [6, 6.07) is 14.3. The summed E-state index contributed by atoms with van der Waals surface area (Å²) in [4.78, 5) is 22.0. The molecule has 0 aliphatic carbocycles. The SMILES string of the molecule is Cc1ccc2c(Cc3cccc(-c4noc(=O)[nH]4)n3)c(-c3ccsc3)[nH]c2c1. The largest absolute Gasteiger partial charge is 0.439 e. The molecule has 0 saturated carbocycles. The summed E-state index contributed by atoms with van der Waals surface area (Å²) in [5, 5.41) is 9.14. The van der Waals surface area contributed by atoms with Crippen molar-refractivity contribution in [2.75, 3.05) is 0 Å². The van der Waals surface area contributed by atoms with Crippen LogP contribution in [0.4, 0.5) is 0 Å². The average Bonchev–Trinajstić information content (AvgIpc) is 3.42. The number of pyridine rings is 1. The number of aromatic amines is 2. The zero-order chi connectivity index (χ0) is 19.1. The number of thiophene rings is 1. The van der Waals surface area contributed by atoms with Gasteiger partial charge in [0, 0.05) is 34.0 Å². The standard InChI is InChI=1S/C21H16N4O2S/c1-12-5-6-15-16(19(23-18(15)9-12)13-7-8-28-11-13)10-14-3-2-4-17(22-14)20-24-21(26)27-25-20/h2-9,11,23H,10H2,1H3,(H,24,25,26). The van der Waals surface area contributed by atoms with Gasteiger partial charge in [0.1, 0.15) is 5.69 Å². The summed E-state index contributed by atoms with van der Waals surface area (Å²) in [5.74, 6) is -0.256. The maximum absolute atomic E-state index is 11.2. The number of nitrogens with zero attached hydrogens (tertiary/aromatic N) is 2. The van der Waals surface area contributed by atoms with Gasteiger partial charge in [-0.25, -0.2) is 9.78 Å². The molecule has 0 fully saturated rings. The third kappa shape index (κ3) is 2.95. The van der Waals surface area contributed by atoms with Crippen LogP contribution in [0.15, 0.2) is 62.5 Å². The van der Waals surface area contributed by atoms with E-state index in [1.807, 2.05) is 12.1 Å². The Balaban J connectivity index is 1.62. The number of nitrogens with one attached hydrogen (secondary N) is 2. The van der Waals surface area contributed by atoms with Crippen LogP contribution in [-0.2, 0) is 6.42 Å². The maximum atomic E-state index is 11.2. The van der Waals surface area contributed by atoms with Gasteiger partial charge in [-0.3, -0.25) is 9.51 Å². The van der Waals surface area contributed by atoms with Crippen molar-refractivity contribution in [3.8, 4) is 22.8 Å². The molecule has 138 valence electrons. The normalized spacial score (nSPS) is 11.3. The van der Waals surface area contributed by atoms with E-state index in [0.29, 0.717) is 17.9 Å². The Labute approximate surface area is 163 Å². The van der Waals surface area contributed by atoms with Crippen LogP contribution in [0.2, 0.25) is 0 Å². The Hall–Kier alpha value is -3.45. The molecule has 5 aromatic rings. The van der Waals surface area contributed by atoms with Gasteiger partial charge in [-0.2, -0.15) is 11.3 Å². The molecule has 4 heterocycles. The van der Waals surface area contributed by atoms with Crippen LogP contribution in [0.5, 0.6) is 0 Å². The van der Waals surface area contributed by atoms with E-state index in [1.165, 1.54) is 22.1 Å². The minimum atomic E-state index is -0.589. The third-order valence-corrected chi connectivity index (χ3v) is 5.40. The number of hydrogen-bond acceptors (Lipinski definition) is 5. The van der Waals surface area contributed by atoms with E-state index in [1.54, 1.807) is 17.4 Å². The van der Waals surface area contributed by atoms with Crippen LogP contribution in [0.3, 0.4) is 0 Å². The lowest BCUT2D eigenvalue weighted by Gasteiger charge is -2.05. The molecule has 0 aliphatic heterocycles. The van der Waals surface area contributed by atoms with Gasteiger partial charge >= 0.3 is 5.76 Å². The first-order chi connectivity index (χ1) is 13.7. The molecule has 0 atom stereocenters. The molecule has 7 heteroatoms. The highest BCUT2D eigenvalue weighted by atomic mass is 32.1. The first-order valence-electron chi connectivity index (χ1n) is 8.83. The van der Waals surface area contributed by atoms with Crippen LogP contribution in [-0.4, -0.2) is 20.1 Å². The second-order valence-electron chi connectivity index (χ2n) is 6.67. The van der Waals surface area contributed by atoms with E-state index in [9.17, 15) is 4.79 Å². The number of H-pyrrole nitrogens is 2. The van der Waals surface area contributed by atoms with Crippen molar-refractivity contribution < 1.29 is 4.52 Å². The summed E-state index contributed by atoms with van der Waals surface area (Å²) >= 11 is 1.68. The Bertz CT molecular complexity index is 1330. The molecule has 4 aromatic heterocycles. The highest BCUT2D eigenvalue weighted by molar-refractivity contribution is 7.08. The van der Waals surface area contributed by atoms with Crippen LogP contribution in [0.25, 0.3) is 33.7 Å². The summed E-state index contributed by atoms with van der Waals surface area (Å²) in [5.41, 5.74) is 7.29. The lowest BCUT2D eigenvalue weighted by molar-refractivity contribution is 0.387. The van der Waals surface area contributed by atoms with Crippen molar-refractivity contribution in [1.29, 1.82) is 0 Å². The second kappa shape index (κ2) is 6.61. The lowest BCUT2D eigenvalue weighted by Crippen LogP contribution is -1.98. The van der Waals surface area contributed by atoms with Crippen molar-refractivity contribution >= 4 is 22.2 Å². The summed E-state index contributed by atoms with van der Waals surface area (Å²) in [7, 11) is 0. The molecule has 2 N–H and O–H groups in total. The van der Waals surface area contributed by atoms with Gasteiger partial charge in [0.25, 0.3) is 0 Å². The topological polar surface area (TPSA) is 87.6 Å². The fraction of sp³-hybridized carbons (Fsp3) is 0.0952. The van der Waals surface area contributed by atoms with Crippen molar-refractivity contribution in [3.05, 3.63) is 80.6 Å². The summed E-state index contributed by atoms with van der Waals surface area (Å²) < 4.78 is 4.60. The highest BCUT2D eigenvalue weighted by Gasteiger charge is 2.15. The van der Waals surface area contributed by atoms with Crippen LogP contribution >= 0.6 is 11.3 Å². The van der Waals surface area contributed by atoms with E-state index in [-0.39, 0.29) is 0 Å². The maximum Gasteiger partial charge on any atom is 0.439 e. The summed E-state index contributed by atoms with van der Waals surface area (Å²) in [6.07, 6.45) is 0.657. The molecule has 5 rings (SSSR count). The highest BCUT2D eigenvalue weighted by Crippen LogP contribution is 2.33. The lowest BCUT2D eigenvalue weighted by atomic mass is 10.0. The smallest absolute Gasteiger partial charge is 0.354 e. The van der Waals surface area contributed by atoms with Crippen molar-refractivity contribution in [2.24, 2.45) is 0 Å². The predicted octanol–water partition coefficient (Wildman–Crippen LogP) is 4.53. The Kier molecular flexibility index (Phi) is 3.95. The Morgan fingerprint density at radius 3 is 2.86 bits per heavy atom. The second-order valence-corrected chi connectivity index (χ2v) is 7.45. The molecule has 1 aromatic carbocycles. The van der Waals surface area contributed by atoms with Gasteiger partial charge in [0.2, 0.25) is 5.82 Å². The quantitative estimate of drug-likeness (QED) is 0.473. The molecule has 0 unspecified atom stereocenters. The molecule has 0 saturated heterocycles. The molecule has 0 spiro atoms. The van der Waals surface area contributed by atoms with E-state index < -0.39 is 5.76 Å².